The SMILES string of the molecule is C[C@@H](CN1C(=O)COC1=S)N1C(=O)COC1=S. The average molecular weight is 274 g/mol. The molecule has 0 aliphatic carbocycles. The molecule has 2 heterocycles. The van der Waals surface area contributed by atoms with Gasteiger partial charge in [-0.05, 0) is 31.4 Å². The van der Waals surface area contributed by atoms with Crippen LogP contribution in [-0.2, 0) is 19.1 Å². The normalized spacial score (nSPS) is 21.9. The van der Waals surface area contributed by atoms with Gasteiger partial charge in [-0.25, -0.2) is 0 Å². The van der Waals surface area contributed by atoms with E-state index < -0.39 is 0 Å². The molecule has 0 N–H and O–H groups in total. The summed E-state index contributed by atoms with van der Waals surface area (Å²) >= 11 is 9.79. The van der Waals surface area contributed by atoms with E-state index in [4.69, 9.17) is 33.9 Å². The number of nitrogens with zero attached hydrogens (tertiary/aromatic N) is 2. The van der Waals surface area contributed by atoms with Crippen molar-refractivity contribution in [2.24, 2.45) is 0 Å². The van der Waals surface area contributed by atoms with Crippen LogP contribution in [0.25, 0.3) is 0 Å². The average Bonchev–Trinajstić information content (AvgIpc) is 2.75. The van der Waals surface area contributed by atoms with Crippen molar-refractivity contribution < 1.29 is 19.1 Å². The van der Waals surface area contributed by atoms with Crippen molar-refractivity contribution in [2.75, 3.05) is 19.8 Å². The van der Waals surface area contributed by atoms with Gasteiger partial charge in [0.25, 0.3) is 22.2 Å². The van der Waals surface area contributed by atoms with Crippen LogP contribution in [0.1, 0.15) is 6.92 Å². The van der Waals surface area contributed by atoms with E-state index in [2.05, 4.69) is 0 Å². The number of rotatable bonds is 3. The van der Waals surface area contributed by atoms with Gasteiger partial charge in [0.15, 0.2) is 13.2 Å². The Bertz CT molecular complexity index is 380. The van der Waals surface area contributed by atoms with Crippen LogP contribution < -0.4 is 0 Å². The van der Waals surface area contributed by atoms with E-state index in [9.17, 15) is 9.59 Å². The first-order chi connectivity index (χ1) is 8.00. The van der Waals surface area contributed by atoms with Gasteiger partial charge < -0.3 is 9.47 Å². The van der Waals surface area contributed by atoms with Crippen molar-refractivity contribution in [1.29, 1.82) is 0 Å². The molecule has 0 aromatic carbocycles. The summed E-state index contributed by atoms with van der Waals surface area (Å²) in [5, 5.41) is 0.279. The van der Waals surface area contributed by atoms with E-state index in [0.717, 1.165) is 0 Å². The molecule has 2 amide bonds. The van der Waals surface area contributed by atoms with Gasteiger partial charge in [0.2, 0.25) is 0 Å². The summed E-state index contributed by atoms with van der Waals surface area (Å²) in [6, 6.07) is -0.291. The molecule has 92 valence electrons. The monoisotopic (exact) mass is 274 g/mol. The number of hydrogen-bond acceptors (Lipinski definition) is 6. The Hall–Kier alpha value is -1.28. The number of ether oxygens (including phenoxy) is 2. The molecule has 6 nitrogen and oxygen atoms in total. The number of carbonyl (C=O) groups excluding carboxylic acids is 2. The zero-order chi connectivity index (χ0) is 12.6. The van der Waals surface area contributed by atoms with Gasteiger partial charge in [-0.2, -0.15) is 0 Å². The summed E-state index contributed by atoms with van der Waals surface area (Å²) in [5.41, 5.74) is 0. The molecular formula is C9H10N2O4S2. The van der Waals surface area contributed by atoms with Crippen LogP contribution in [-0.4, -0.2) is 57.8 Å². The molecule has 0 aromatic heterocycles. The summed E-state index contributed by atoms with van der Waals surface area (Å²) in [5.74, 6) is -0.415. The highest BCUT2D eigenvalue weighted by Gasteiger charge is 2.36. The van der Waals surface area contributed by atoms with Gasteiger partial charge in [-0.1, -0.05) is 0 Å². The highest BCUT2D eigenvalue weighted by molar-refractivity contribution is 7.80. The van der Waals surface area contributed by atoms with Gasteiger partial charge in [0.05, 0.1) is 12.6 Å². The van der Waals surface area contributed by atoms with Gasteiger partial charge in [0.1, 0.15) is 0 Å². The van der Waals surface area contributed by atoms with E-state index in [1.165, 1.54) is 9.80 Å². The maximum absolute atomic E-state index is 11.5. The van der Waals surface area contributed by atoms with Gasteiger partial charge in [-0.15, -0.1) is 0 Å². The predicted molar refractivity (Wildman–Crippen MR) is 65.1 cm³/mol. The Morgan fingerprint density at radius 3 is 2.24 bits per heavy atom. The van der Waals surface area contributed by atoms with Crippen molar-refractivity contribution in [3.63, 3.8) is 0 Å². The summed E-state index contributed by atoms with van der Waals surface area (Å²) in [4.78, 5) is 25.6. The molecule has 2 aliphatic heterocycles. The lowest BCUT2D eigenvalue weighted by atomic mass is 10.3. The first kappa shape index (κ1) is 12.2. The van der Waals surface area contributed by atoms with Crippen molar-refractivity contribution in [2.45, 2.75) is 13.0 Å². The number of thiocarbonyl (C=S) groups is 2. The third kappa shape index (κ3) is 2.22. The van der Waals surface area contributed by atoms with Crippen molar-refractivity contribution >= 4 is 46.6 Å². The maximum Gasteiger partial charge on any atom is 0.268 e. The van der Waals surface area contributed by atoms with Crippen LogP contribution in [0.2, 0.25) is 0 Å². The molecule has 17 heavy (non-hydrogen) atoms. The Labute approximate surface area is 108 Å². The molecule has 0 radical (unpaired) electrons. The Morgan fingerprint density at radius 1 is 1.18 bits per heavy atom. The predicted octanol–water partition coefficient (Wildman–Crippen LogP) is -0.338. The van der Waals surface area contributed by atoms with Crippen LogP contribution in [0.15, 0.2) is 0 Å². The van der Waals surface area contributed by atoms with E-state index in [1.807, 2.05) is 0 Å². The van der Waals surface area contributed by atoms with Crippen molar-refractivity contribution in [3.8, 4) is 0 Å². The van der Waals surface area contributed by atoms with E-state index in [0.29, 0.717) is 0 Å². The highest BCUT2D eigenvalue weighted by Crippen LogP contribution is 2.14. The first-order valence-corrected chi connectivity index (χ1v) is 5.78. The molecule has 1 atom stereocenters. The smallest absolute Gasteiger partial charge is 0.268 e. The largest absolute Gasteiger partial charge is 0.460 e. The number of carbonyl (C=O) groups is 2. The van der Waals surface area contributed by atoms with E-state index in [-0.39, 0.29) is 48.0 Å². The van der Waals surface area contributed by atoms with Crippen LogP contribution in [0.3, 0.4) is 0 Å². The highest BCUT2D eigenvalue weighted by atomic mass is 32.1. The topological polar surface area (TPSA) is 59.1 Å². The van der Waals surface area contributed by atoms with Crippen molar-refractivity contribution in [3.05, 3.63) is 0 Å². The second-order valence-corrected chi connectivity index (χ2v) is 4.42. The maximum atomic E-state index is 11.5. The van der Waals surface area contributed by atoms with Crippen LogP contribution in [0.4, 0.5) is 0 Å². The molecule has 0 bridgehead atoms. The van der Waals surface area contributed by atoms with Crippen molar-refractivity contribution in [1.82, 2.24) is 9.80 Å². The zero-order valence-electron chi connectivity index (χ0n) is 9.04. The molecular weight excluding hydrogens is 264 g/mol. The summed E-state index contributed by atoms with van der Waals surface area (Å²) < 4.78 is 9.89. The minimum atomic E-state index is -0.291. The minimum absolute atomic E-state index is 0.0412. The molecule has 0 unspecified atom stereocenters. The second-order valence-electron chi connectivity index (χ2n) is 3.73. The fourth-order valence-electron chi connectivity index (χ4n) is 1.69. The number of amides is 2. The quantitative estimate of drug-likeness (QED) is 0.656. The molecule has 2 rings (SSSR count). The molecule has 2 saturated heterocycles. The lowest BCUT2D eigenvalue weighted by molar-refractivity contribution is -0.129. The Morgan fingerprint density at radius 2 is 1.76 bits per heavy atom. The molecule has 0 saturated carbocycles. The summed E-state index contributed by atoms with van der Waals surface area (Å²) in [6.07, 6.45) is 0. The van der Waals surface area contributed by atoms with Crippen LogP contribution in [0.5, 0.6) is 0 Å². The summed E-state index contributed by atoms with van der Waals surface area (Å²) in [7, 11) is 0. The van der Waals surface area contributed by atoms with E-state index >= 15 is 0 Å². The standard InChI is InChI=1S/C9H10N2O4S2/c1-5(11-7(13)4-15-9(11)17)2-10-6(12)3-14-8(10)16/h5H,2-4H2,1H3/t5-/m0/s1. The molecule has 8 heteroatoms. The fraction of sp³-hybridized carbons (Fsp3) is 0.556. The molecule has 2 aliphatic rings. The van der Waals surface area contributed by atoms with E-state index in [1.54, 1.807) is 6.92 Å². The Kier molecular flexibility index (Phi) is 3.25. The van der Waals surface area contributed by atoms with Gasteiger partial charge in [-0.3, -0.25) is 19.4 Å². The van der Waals surface area contributed by atoms with Crippen LogP contribution in [0, 0.1) is 0 Å². The summed E-state index contributed by atoms with van der Waals surface area (Å²) in [6.45, 7) is 1.94. The lowest BCUT2D eigenvalue weighted by Gasteiger charge is -2.25. The first-order valence-electron chi connectivity index (χ1n) is 4.96. The van der Waals surface area contributed by atoms with Gasteiger partial charge >= 0.3 is 0 Å². The Balaban J connectivity index is 2.03. The fourth-order valence-corrected chi connectivity index (χ4v) is 2.27. The third-order valence-corrected chi connectivity index (χ3v) is 3.17. The lowest BCUT2D eigenvalue weighted by Crippen LogP contribution is -2.46. The second kappa shape index (κ2) is 4.53. The van der Waals surface area contributed by atoms with Gasteiger partial charge in [0, 0.05) is 0 Å². The number of hydrogen-bond donors (Lipinski definition) is 0. The molecule has 0 spiro atoms. The molecule has 0 aromatic rings. The van der Waals surface area contributed by atoms with Crippen LogP contribution >= 0.6 is 24.4 Å². The minimum Gasteiger partial charge on any atom is -0.460 e. The molecule has 2 fully saturated rings. The third-order valence-electron chi connectivity index (χ3n) is 2.51. The zero-order valence-corrected chi connectivity index (χ0v) is 10.7.